The third-order valence-electron chi connectivity index (χ3n) is 6.12. The van der Waals surface area contributed by atoms with Crippen LogP contribution in [-0.2, 0) is 16.4 Å². The molecule has 1 aromatic heterocycles. The Morgan fingerprint density at radius 2 is 1.78 bits per heavy atom. The van der Waals surface area contributed by atoms with E-state index in [9.17, 15) is 17.6 Å². The van der Waals surface area contributed by atoms with Crippen molar-refractivity contribution in [2.45, 2.75) is 11.3 Å². The van der Waals surface area contributed by atoms with Crippen molar-refractivity contribution in [3.63, 3.8) is 0 Å². The van der Waals surface area contributed by atoms with Crippen molar-refractivity contribution in [2.75, 3.05) is 42.9 Å². The largest absolute Gasteiger partial charge is 0.308 e. The SMILES string of the molecule is CN(C)CCN(C(=O)c1ccc(S(=O)(=O)N2CCc3ccccc32)cc1)c1nc2ccc(F)cc2s1.Cl. The minimum absolute atomic E-state index is 0. The zero-order valence-electron chi connectivity index (χ0n) is 20.3. The van der Waals surface area contributed by atoms with Crippen molar-refractivity contribution in [2.24, 2.45) is 0 Å². The first-order valence-electron chi connectivity index (χ1n) is 11.5. The van der Waals surface area contributed by atoms with Crippen LogP contribution in [0.3, 0.4) is 0 Å². The van der Waals surface area contributed by atoms with Crippen LogP contribution in [-0.4, -0.2) is 57.9 Å². The Kier molecular flexibility index (Phi) is 7.84. The van der Waals surface area contributed by atoms with Crippen LogP contribution < -0.4 is 9.21 Å². The first-order valence-corrected chi connectivity index (χ1v) is 13.7. The third-order valence-corrected chi connectivity index (χ3v) is 8.99. The van der Waals surface area contributed by atoms with E-state index >= 15 is 0 Å². The number of amides is 1. The summed E-state index contributed by atoms with van der Waals surface area (Å²) in [6.45, 7) is 1.36. The molecule has 4 aromatic rings. The number of aromatic nitrogens is 1. The van der Waals surface area contributed by atoms with Crippen LogP contribution in [0, 0.1) is 5.82 Å². The van der Waals surface area contributed by atoms with E-state index in [1.165, 1.54) is 52.0 Å². The molecule has 0 unspecified atom stereocenters. The minimum atomic E-state index is -3.75. The van der Waals surface area contributed by atoms with Crippen LogP contribution in [0.2, 0.25) is 0 Å². The molecule has 1 aliphatic rings. The molecule has 5 rings (SSSR count). The fourth-order valence-electron chi connectivity index (χ4n) is 4.20. The molecule has 2 heterocycles. The van der Waals surface area contributed by atoms with Gasteiger partial charge in [-0.2, -0.15) is 0 Å². The highest BCUT2D eigenvalue weighted by Crippen LogP contribution is 2.33. The summed E-state index contributed by atoms with van der Waals surface area (Å²) >= 11 is 1.24. The number of carbonyl (C=O) groups excluding carboxylic acids is 1. The van der Waals surface area contributed by atoms with E-state index in [-0.39, 0.29) is 29.0 Å². The lowest BCUT2D eigenvalue weighted by Gasteiger charge is -2.22. The number of rotatable bonds is 7. The molecule has 11 heteroatoms. The van der Waals surface area contributed by atoms with Gasteiger partial charge in [0.15, 0.2) is 5.13 Å². The molecule has 0 saturated carbocycles. The zero-order valence-corrected chi connectivity index (χ0v) is 22.7. The topological polar surface area (TPSA) is 73.8 Å². The van der Waals surface area contributed by atoms with Gasteiger partial charge in [0.05, 0.1) is 20.8 Å². The molecule has 1 aliphatic heterocycles. The van der Waals surface area contributed by atoms with Crippen molar-refractivity contribution in [3.8, 4) is 0 Å². The summed E-state index contributed by atoms with van der Waals surface area (Å²) in [6.07, 6.45) is 0.666. The Bertz CT molecular complexity index is 1540. The molecule has 0 aliphatic carbocycles. The number of carbonyl (C=O) groups is 1. The molecule has 37 heavy (non-hydrogen) atoms. The van der Waals surface area contributed by atoms with Gasteiger partial charge in [-0.1, -0.05) is 29.5 Å². The normalized spacial score (nSPS) is 13.0. The lowest BCUT2D eigenvalue weighted by Crippen LogP contribution is -2.36. The molecular formula is C26H26ClFN4O3S2. The quantitative estimate of drug-likeness (QED) is 0.324. The highest BCUT2D eigenvalue weighted by molar-refractivity contribution is 7.92. The Hall–Kier alpha value is -3.05. The lowest BCUT2D eigenvalue weighted by atomic mass is 10.2. The summed E-state index contributed by atoms with van der Waals surface area (Å²) in [5, 5.41) is 0.466. The smallest absolute Gasteiger partial charge is 0.264 e. The van der Waals surface area contributed by atoms with Gasteiger partial charge >= 0.3 is 0 Å². The molecule has 0 radical (unpaired) electrons. The van der Waals surface area contributed by atoms with Crippen LogP contribution in [0.4, 0.5) is 15.2 Å². The maximum atomic E-state index is 13.7. The number of sulfonamides is 1. The van der Waals surface area contributed by atoms with Crippen molar-refractivity contribution in [1.29, 1.82) is 0 Å². The van der Waals surface area contributed by atoms with Crippen molar-refractivity contribution in [3.05, 3.63) is 83.7 Å². The molecule has 3 aromatic carbocycles. The fraction of sp³-hybridized carbons (Fsp3) is 0.231. The monoisotopic (exact) mass is 560 g/mol. The van der Waals surface area contributed by atoms with Crippen LogP contribution >= 0.6 is 23.7 Å². The molecule has 1 amide bonds. The second-order valence-corrected chi connectivity index (χ2v) is 11.7. The maximum Gasteiger partial charge on any atom is 0.264 e. The van der Waals surface area contributed by atoms with Gasteiger partial charge in [0.2, 0.25) is 0 Å². The van der Waals surface area contributed by atoms with E-state index < -0.39 is 10.0 Å². The summed E-state index contributed by atoms with van der Waals surface area (Å²) in [7, 11) is 0.0646. The summed E-state index contributed by atoms with van der Waals surface area (Å²) in [5.74, 6) is -0.659. The van der Waals surface area contributed by atoms with Crippen molar-refractivity contribution in [1.82, 2.24) is 9.88 Å². The predicted molar refractivity (Wildman–Crippen MR) is 148 cm³/mol. The second-order valence-electron chi connectivity index (χ2n) is 8.85. The summed E-state index contributed by atoms with van der Waals surface area (Å²) < 4.78 is 42.4. The number of likely N-dealkylation sites (N-methyl/N-ethyl adjacent to an activating group) is 1. The van der Waals surface area contributed by atoms with Gasteiger partial charge < -0.3 is 4.90 Å². The Morgan fingerprint density at radius 1 is 1.05 bits per heavy atom. The Morgan fingerprint density at radius 3 is 2.51 bits per heavy atom. The Balaban J connectivity index is 0.00000320. The number of anilines is 2. The predicted octanol–water partition coefficient (Wildman–Crippen LogP) is 4.82. The van der Waals surface area contributed by atoms with Gasteiger partial charge in [0.25, 0.3) is 15.9 Å². The van der Waals surface area contributed by atoms with Crippen LogP contribution in [0.15, 0.2) is 71.6 Å². The number of benzene rings is 3. The third kappa shape index (κ3) is 5.33. The average Bonchev–Trinajstić information content (AvgIpc) is 3.48. The molecule has 0 saturated heterocycles. The van der Waals surface area contributed by atoms with Gasteiger partial charge in [0, 0.05) is 25.2 Å². The first kappa shape index (κ1) is 27.0. The highest BCUT2D eigenvalue weighted by Gasteiger charge is 2.31. The number of nitrogens with zero attached hydrogens (tertiary/aromatic N) is 4. The first-order chi connectivity index (χ1) is 17.2. The molecule has 7 nitrogen and oxygen atoms in total. The molecule has 0 atom stereocenters. The molecule has 0 bridgehead atoms. The fourth-order valence-corrected chi connectivity index (χ4v) is 6.71. The number of thiazole rings is 1. The molecule has 0 fully saturated rings. The van der Waals surface area contributed by atoms with Crippen molar-refractivity contribution >= 4 is 60.7 Å². The second kappa shape index (κ2) is 10.7. The Labute approximate surface area is 225 Å². The van der Waals surface area contributed by atoms with Crippen molar-refractivity contribution < 1.29 is 17.6 Å². The lowest BCUT2D eigenvalue weighted by molar-refractivity contribution is 0.0985. The maximum absolute atomic E-state index is 13.7. The molecule has 0 N–H and O–H groups in total. The highest BCUT2D eigenvalue weighted by atomic mass is 35.5. The van der Waals surface area contributed by atoms with Crippen LogP contribution in [0.5, 0.6) is 0 Å². The van der Waals surface area contributed by atoms with Gasteiger partial charge in [-0.25, -0.2) is 17.8 Å². The van der Waals surface area contributed by atoms with Gasteiger partial charge in [-0.3, -0.25) is 14.0 Å². The van der Waals surface area contributed by atoms with Gasteiger partial charge in [0.1, 0.15) is 5.82 Å². The van der Waals surface area contributed by atoms with Crippen LogP contribution in [0.25, 0.3) is 10.2 Å². The molecular weight excluding hydrogens is 535 g/mol. The van der Waals surface area contributed by atoms with E-state index in [4.69, 9.17) is 0 Å². The number of hydrogen-bond acceptors (Lipinski definition) is 6. The molecule has 194 valence electrons. The average molecular weight is 561 g/mol. The van der Waals surface area contributed by atoms with Gasteiger partial charge in [-0.15, -0.1) is 12.4 Å². The minimum Gasteiger partial charge on any atom is -0.308 e. The molecule has 0 spiro atoms. The number of para-hydroxylation sites is 1. The van der Waals surface area contributed by atoms with E-state index in [1.54, 1.807) is 11.0 Å². The van der Waals surface area contributed by atoms with Crippen LogP contribution in [0.1, 0.15) is 15.9 Å². The van der Waals surface area contributed by atoms with E-state index in [0.29, 0.717) is 52.7 Å². The summed E-state index contributed by atoms with van der Waals surface area (Å²) in [6, 6.07) is 17.8. The van der Waals surface area contributed by atoms with E-state index in [2.05, 4.69) is 4.98 Å². The number of hydrogen-bond donors (Lipinski definition) is 0. The van der Waals surface area contributed by atoms with E-state index in [1.807, 2.05) is 43.3 Å². The summed E-state index contributed by atoms with van der Waals surface area (Å²) in [4.78, 5) is 21.7. The summed E-state index contributed by atoms with van der Waals surface area (Å²) in [5.41, 5.74) is 2.66. The number of halogens is 2. The standard InChI is InChI=1S/C26H25FN4O3S2.ClH/c1-29(2)15-16-30(26-28-22-12-9-20(27)17-24(22)35-26)25(32)19-7-10-21(11-8-19)36(33,34)31-14-13-18-5-3-4-6-23(18)31;/h3-12,17H,13-16H2,1-2H3;1H. The zero-order chi connectivity index (χ0) is 25.4. The van der Waals surface area contributed by atoms with E-state index in [0.717, 1.165) is 5.56 Å². The van der Waals surface area contributed by atoms with Gasteiger partial charge in [-0.05, 0) is 74.6 Å². The number of fused-ring (bicyclic) bond motifs is 2.